The van der Waals surface area contributed by atoms with Gasteiger partial charge in [-0.2, -0.15) is 0 Å². The van der Waals surface area contributed by atoms with Gasteiger partial charge in [0.25, 0.3) is 5.91 Å². The van der Waals surface area contributed by atoms with E-state index >= 15 is 0 Å². The standard InChI is InChI=1S/C21H20N2O2S/c1-26-17-11-7-14(8-12-17)13-22-20(24)18-19(15-9-10-15)25-21(23-18)16-5-3-2-4-6-16/h2-8,11-12,15H,9-10,13H2,1H3,(H,22,24). The number of benzene rings is 2. The molecular weight excluding hydrogens is 344 g/mol. The summed E-state index contributed by atoms with van der Waals surface area (Å²) in [5.41, 5.74) is 2.38. The van der Waals surface area contributed by atoms with E-state index in [-0.39, 0.29) is 5.91 Å². The van der Waals surface area contributed by atoms with Crippen LogP contribution in [-0.2, 0) is 6.54 Å². The second-order valence-electron chi connectivity index (χ2n) is 6.40. The van der Waals surface area contributed by atoms with Gasteiger partial charge in [0.2, 0.25) is 5.89 Å². The largest absolute Gasteiger partial charge is 0.440 e. The second kappa shape index (κ2) is 7.38. The average molecular weight is 364 g/mol. The average Bonchev–Trinajstić information content (AvgIpc) is 3.45. The van der Waals surface area contributed by atoms with Crippen LogP contribution in [0.2, 0.25) is 0 Å². The topological polar surface area (TPSA) is 55.1 Å². The molecule has 0 spiro atoms. The summed E-state index contributed by atoms with van der Waals surface area (Å²) in [4.78, 5) is 18.4. The molecule has 0 radical (unpaired) electrons. The van der Waals surface area contributed by atoms with Gasteiger partial charge >= 0.3 is 0 Å². The highest BCUT2D eigenvalue weighted by Gasteiger charge is 2.34. The molecule has 0 unspecified atom stereocenters. The van der Waals surface area contributed by atoms with Gasteiger partial charge in [-0.25, -0.2) is 4.98 Å². The number of rotatable bonds is 6. The monoisotopic (exact) mass is 364 g/mol. The Morgan fingerprint density at radius 2 is 1.88 bits per heavy atom. The van der Waals surface area contributed by atoms with E-state index in [0.717, 1.165) is 29.7 Å². The summed E-state index contributed by atoms with van der Waals surface area (Å²) in [6, 6.07) is 17.9. The highest BCUT2D eigenvalue weighted by atomic mass is 32.2. The molecular formula is C21H20N2O2S. The highest BCUT2D eigenvalue weighted by molar-refractivity contribution is 7.98. The van der Waals surface area contributed by atoms with Crippen LogP contribution < -0.4 is 5.32 Å². The van der Waals surface area contributed by atoms with Crippen molar-refractivity contribution in [2.75, 3.05) is 6.26 Å². The first-order chi connectivity index (χ1) is 12.7. The number of hydrogen-bond acceptors (Lipinski definition) is 4. The third-order valence-electron chi connectivity index (χ3n) is 4.45. The number of carbonyl (C=O) groups excluding carboxylic acids is 1. The molecule has 4 nitrogen and oxygen atoms in total. The number of carbonyl (C=O) groups is 1. The molecule has 1 aromatic heterocycles. The summed E-state index contributed by atoms with van der Waals surface area (Å²) in [6.07, 6.45) is 4.16. The normalized spacial score (nSPS) is 13.6. The summed E-state index contributed by atoms with van der Waals surface area (Å²) in [5.74, 6) is 1.38. The summed E-state index contributed by atoms with van der Waals surface area (Å²) >= 11 is 1.70. The van der Waals surface area contributed by atoms with Crippen LogP contribution in [0.4, 0.5) is 0 Å². The summed E-state index contributed by atoms with van der Waals surface area (Å²) in [6.45, 7) is 0.477. The first kappa shape index (κ1) is 16.9. The number of nitrogens with one attached hydrogen (secondary N) is 1. The molecule has 2 aromatic carbocycles. The first-order valence-electron chi connectivity index (χ1n) is 8.72. The molecule has 0 atom stereocenters. The van der Waals surface area contributed by atoms with E-state index in [1.807, 2.05) is 48.7 Å². The Hall–Kier alpha value is -2.53. The lowest BCUT2D eigenvalue weighted by molar-refractivity contribution is 0.0944. The molecule has 3 aromatic rings. The number of aromatic nitrogens is 1. The Kier molecular flexibility index (Phi) is 4.80. The zero-order valence-corrected chi connectivity index (χ0v) is 15.4. The lowest BCUT2D eigenvalue weighted by atomic mass is 10.2. The van der Waals surface area contributed by atoms with Crippen LogP contribution in [0, 0.1) is 0 Å². The van der Waals surface area contributed by atoms with Crippen LogP contribution in [0.1, 0.15) is 40.6 Å². The van der Waals surface area contributed by atoms with Crippen LogP contribution in [-0.4, -0.2) is 17.1 Å². The van der Waals surface area contributed by atoms with Gasteiger partial charge in [0.15, 0.2) is 5.69 Å². The van der Waals surface area contributed by atoms with Crippen LogP contribution in [0.5, 0.6) is 0 Å². The summed E-state index contributed by atoms with van der Waals surface area (Å²) in [7, 11) is 0. The third-order valence-corrected chi connectivity index (χ3v) is 5.19. The van der Waals surface area contributed by atoms with Crippen LogP contribution in [0.3, 0.4) is 0 Å². The maximum Gasteiger partial charge on any atom is 0.273 e. The lowest BCUT2D eigenvalue weighted by Gasteiger charge is -2.05. The summed E-state index contributed by atoms with van der Waals surface area (Å²) in [5, 5.41) is 2.97. The maximum absolute atomic E-state index is 12.7. The van der Waals surface area contributed by atoms with Crippen molar-refractivity contribution in [1.82, 2.24) is 10.3 Å². The highest BCUT2D eigenvalue weighted by Crippen LogP contribution is 2.43. The van der Waals surface area contributed by atoms with Crippen molar-refractivity contribution >= 4 is 17.7 Å². The molecule has 4 rings (SSSR count). The minimum atomic E-state index is -0.174. The molecule has 1 N–H and O–H groups in total. The van der Waals surface area contributed by atoms with Crippen molar-refractivity contribution < 1.29 is 9.21 Å². The number of hydrogen-bond donors (Lipinski definition) is 1. The van der Waals surface area contributed by atoms with Gasteiger partial charge in [0.1, 0.15) is 5.76 Å². The molecule has 1 aliphatic carbocycles. The van der Waals surface area contributed by atoms with E-state index in [1.165, 1.54) is 4.90 Å². The van der Waals surface area contributed by atoms with E-state index < -0.39 is 0 Å². The Morgan fingerprint density at radius 3 is 2.54 bits per heavy atom. The number of nitrogens with zero attached hydrogens (tertiary/aromatic N) is 1. The zero-order valence-electron chi connectivity index (χ0n) is 14.6. The fourth-order valence-corrected chi connectivity index (χ4v) is 3.24. The maximum atomic E-state index is 12.7. The first-order valence-corrected chi connectivity index (χ1v) is 9.94. The minimum Gasteiger partial charge on any atom is -0.440 e. The van der Waals surface area contributed by atoms with Gasteiger partial charge in [-0.3, -0.25) is 4.79 Å². The van der Waals surface area contributed by atoms with Crippen molar-refractivity contribution in [3.8, 4) is 11.5 Å². The summed E-state index contributed by atoms with van der Waals surface area (Å²) < 4.78 is 5.95. The van der Waals surface area contributed by atoms with Gasteiger partial charge in [0.05, 0.1) is 0 Å². The molecule has 1 amide bonds. The van der Waals surface area contributed by atoms with E-state index in [1.54, 1.807) is 11.8 Å². The quantitative estimate of drug-likeness (QED) is 0.634. The third kappa shape index (κ3) is 3.68. The SMILES string of the molecule is CSc1ccc(CNC(=O)c2nc(-c3ccccc3)oc2C2CC2)cc1. The number of amides is 1. The molecule has 132 valence electrons. The molecule has 26 heavy (non-hydrogen) atoms. The van der Waals surface area contributed by atoms with Gasteiger partial charge in [-0.05, 0) is 48.9 Å². The fourth-order valence-electron chi connectivity index (χ4n) is 2.83. The molecule has 1 saturated carbocycles. The predicted octanol–water partition coefficient (Wildman–Crippen LogP) is 4.87. The van der Waals surface area contributed by atoms with Crippen molar-refractivity contribution in [3.05, 3.63) is 71.6 Å². The predicted molar refractivity (Wildman–Crippen MR) is 103 cm³/mol. The van der Waals surface area contributed by atoms with Gasteiger partial charge < -0.3 is 9.73 Å². The van der Waals surface area contributed by atoms with Crippen LogP contribution in [0.25, 0.3) is 11.5 Å². The van der Waals surface area contributed by atoms with Crippen molar-refractivity contribution in [2.24, 2.45) is 0 Å². The van der Waals surface area contributed by atoms with E-state index in [9.17, 15) is 4.79 Å². The minimum absolute atomic E-state index is 0.174. The Labute approximate surface area is 157 Å². The number of oxazole rings is 1. The van der Waals surface area contributed by atoms with E-state index in [4.69, 9.17) is 4.42 Å². The number of thioether (sulfide) groups is 1. The molecule has 1 aliphatic rings. The second-order valence-corrected chi connectivity index (χ2v) is 7.28. The zero-order chi connectivity index (χ0) is 17.9. The van der Waals surface area contributed by atoms with Crippen molar-refractivity contribution in [2.45, 2.75) is 30.2 Å². The van der Waals surface area contributed by atoms with E-state index in [2.05, 4.69) is 22.4 Å². The van der Waals surface area contributed by atoms with Gasteiger partial charge in [-0.1, -0.05) is 30.3 Å². The van der Waals surface area contributed by atoms with Crippen molar-refractivity contribution in [1.29, 1.82) is 0 Å². The van der Waals surface area contributed by atoms with Crippen LogP contribution >= 0.6 is 11.8 Å². The molecule has 0 aliphatic heterocycles. The Bertz CT molecular complexity index is 900. The molecule has 1 heterocycles. The van der Waals surface area contributed by atoms with E-state index in [0.29, 0.717) is 24.0 Å². The molecule has 5 heteroatoms. The molecule has 0 bridgehead atoms. The fraction of sp³-hybridized carbons (Fsp3) is 0.238. The Morgan fingerprint density at radius 1 is 1.15 bits per heavy atom. The molecule has 1 fully saturated rings. The smallest absolute Gasteiger partial charge is 0.273 e. The van der Waals surface area contributed by atoms with Gasteiger partial charge in [-0.15, -0.1) is 11.8 Å². The molecule has 0 saturated heterocycles. The Balaban J connectivity index is 1.52. The van der Waals surface area contributed by atoms with Gasteiger partial charge in [0, 0.05) is 22.9 Å². The van der Waals surface area contributed by atoms with Crippen LogP contribution in [0.15, 0.2) is 63.9 Å². The van der Waals surface area contributed by atoms with Crippen molar-refractivity contribution in [3.63, 3.8) is 0 Å². The lowest BCUT2D eigenvalue weighted by Crippen LogP contribution is -2.24.